The summed E-state index contributed by atoms with van der Waals surface area (Å²) >= 11 is 0. The van der Waals surface area contributed by atoms with E-state index < -0.39 is 0 Å². The minimum absolute atomic E-state index is 0.114. The maximum atomic E-state index is 11.8. The number of hydrogen-bond donors (Lipinski definition) is 1. The molecule has 4 heteroatoms. The van der Waals surface area contributed by atoms with E-state index in [1.165, 1.54) is 0 Å². The number of methoxy groups -OCH3 is 1. The second kappa shape index (κ2) is 4.43. The molecule has 0 aliphatic carbocycles. The zero-order valence-corrected chi connectivity index (χ0v) is 9.62. The average Bonchev–Trinajstić information content (AvgIpc) is 2.32. The smallest absolute Gasteiger partial charge is 0.246 e. The van der Waals surface area contributed by atoms with Gasteiger partial charge in [-0.2, -0.15) is 0 Å². The number of nitrogens with one attached hydrogen (secondary N) is 1. The fourth-order valence-corrected chi connectivity index (χ4v) is 1.95. The highest BCUT2D eigenvalue weighted by Gasteiger charge is 2.24. The summed E-state index contributed by atoms with van der Waals surface area (Å²) < 4.78 is 5.27. The van der Waals surface area contributed by atoms with Crippen LogP contribution >= 0.6 is 0 Å². The number of nitrogens with zero attached hydrogens (tertiary/aromatic N) is 1. The van der Waals surface area contributed by atoms with Gasteiger partial charge in [-0.15, -0.1) is 0 Å². The van der Waals surface area contributed by atoms with E-state index >= 15 is 0 Å². The van der Waals surface area contributed by atoms with Crippen LogP contribution in [0.2, 0.25) is 0 Å². The van der Waals surface area contributed by atoms with E-state index in [4.69, 9.17) is 4.74 Å². The van der Waals surface area contributed by atoms with E-state index in [1.54, 1.807) is 7.11 Å². The quantitative estimate of drug-likeness (QED) is 0.845. The number of anilines is 2. The molecule has 1 aromatic carbocycles. The van der Waals surface area contributed by atoms with E-state index in [2.05, 4.69) is 12.2 Å². The standard InChI is InChI=1S/C12H16N2O2/c1-3-7-14-9-5-4-6-10(16-2)12(9)13-8-11(14)15/h4-6,13H,3,7-8H2,1-2H3. The Labute approximate surface area is 95.2 Å². The molecule has 0 spiro atoms. The maximum Gasteiger partial charge on any atom is 0.246 e. The number of carbonyl (C=O) groups excluding carboxylic acids is 1. The van der Waals surface area contributed by atoms with Crippen molar-refractivity contribution in [3.05, 3.63) is 18.2 Å². The Morgan fingerprint density at radius 3 is 3.00 bits per heavy atom. The zero-order chi connectivity index (χ0) is 11.5. The largest absolute Gasteiger partial charge is 0.495 e. The van der Waals surface area contributed by atoms with Gasteiger partial charge in [0.25, 0.3) is 0 Å². The van der Waals surface area contributed by atoms with Crippen LogP contribution in [-0.2, 0) is 4.79 Å². The lowest BCUT2D eigenvalue weighted by atomic mass is 10.1. The average molecular weight is 220 g/mol. The monoisotopic (exact) mass is 220 g/mol. The van der Waals surface area contributed by atoms with Crippen LogP contribution in [0.5, 0.6) is 5.75 Å². The molecule has 1 N–H and O–H groups in total. The van der Waals surface area contributed by atoms with Gasteiger partial charge in [0.1, 0.15) is 11.4 Å². The molecule has 0 bridgehead atoms. The number of fused-ring (bicyclic) bond motifs is 1. The third-order valence-electron chi connectivity index (χ3n) is 2.68. The van der Waals surface area contributed by atoms with Crippen molar-refractivity contribution in [2.75, 3.05) is 30.4 Å². The number of benzene rings is 1. The number of ether oxygens (including phenoxy) is 1. The topological polar surface area (TPSA) is 41.6 Å². The molecule has 1 aliphatic rings. The molecular weight excluding hydrogens is 204 g/mol. The van der Waals surface area contributed by atoms with Gasteiger partial charge in [0.05, 0.1) is 19.3 Å². The van der Waals surface area contributed by atoms with Gasteiger partial charge < -0.3 is 15.0 Å². The second-order valence-electron chi connectivity index (χ2n) is 3.75. The molecule has 16 heavy (non-hydrogen) atoms. The third-order valence-corrected chi connectivity index (χ3v) is 2.68. The van der Waals surface area contributed by atoms with Crippen LogP contribution in [-0.4, -0.2) is 26.1 Å². The van der Waals surface area contributed by atoms with Crippen LogP contribution in [0.4, 0.5) is 11.4 Å². The highest BCUT2D eigenvalue weighted by Crippen LogP contribution is 2.37. The van der Waals surface area contributed by atoms with Crippen LogP contribution in [0.25, 0.3) is 0 Å². The minimum Gasteiger partial charge on any atom is -0.495 e. The molecule has 1 aliphatic heterocycles. The lowest BCUT2D eigenvalue weighted by Crippen LogP contribution is -2.40. The van der Waals surface area contributed by atoms with Crippen molar-refractivity contribution in [1.82, 2.24) is 0 Å². The van der Waals surface area contributed by atoms with Crippen molar-refractivity contribution in [3.8, 4) is 5.75 Å². The van der Waals surface area contributed by atoms with Crippen LogP contribution in [0, 0.1) is 0 Å². The van der Waals surface area contributed by atoms with Crippen molar-refractivity contribution in [3.63, 3.8) is 0 Å². The first-order valence-electron chi connectivity index (χ1n) is 5.49. The van der Waals surface area contributed by atoms with E-state index in [0.29, 0.717) is 6.54 Å². The molecule has 1 amide bonds. The van der Waals surface area contributed by atoms with Gasteiger partial charge in [-0.25, -0.2) is 0 Å². The summed E-state index contributed by atoms with van der Waals surface area (Å²) in [5, 5.41) is 3.10. The lowest BCUT2D eigenvalue weighted by molar-refractivity contribution is -0.117. The first-order chi connectivity index (χ1) is 7.77. The normalized spacial score (nSPS) is 14.4. The molecule has 0 aromatic heterocycles. The van der Waals surface area contributed by atoms with Gasteiger partial charge in [0, 0.05) is 6.54 Å². The Morgan fingerprint density at radius 2 is 2.31 bits per heavy atom. The SMILES string of the molecule is CCCN1C(=O)CNc2c(OC)cccc21. The van der Waals surface area contributed by atoms with Gasteiger partial charge in [0.2, 0.25) is 5.91 Å². The molecule has 1 aromatic rings. The highest BCUT2D eigenvalue weighted by molar-refractivity contribution is 6.03. The predicted octanol–water partition coefficient (Wildman–Crippen LogP) is 1.86. The molecule has 86 valence electrons. The van der Waals surface area contributed by atoms with Crippen molar-refractivity contribution >= 4 is 17.3 Å². The first-order valence-corrected chi connectivity index (χ1v) is 5.49. The highest BCUT2D eigenvalue weighted by atomic mass is 16.5. The van der Waals surface area contributed by atoms with E-state index in [0.717, 1.165) is 30.1 Å². The molecule has 0 radical (unpaired) electrons. The molecule has 0 fully saturated rings. The van der Waals surface area contributed by atoms with Crippen molar-refractivity contribution in [1.29, 1.82) is 0 Å². The van der Waals surface area contributed by atoms with Crippen LogP contribution < -0.4 is 15.0 Å². The van der Waals surface area contributed by atoms with Crippen molar-refractivity contribution < 1.29 is 9.53 Å². The maximum absolute atomic E-state index is 11.8. The third kappa shape index (κ3) is 1.71. The second-order valence-corrected chi connectivity index (χ2v) is 3.75. The van der Waals surface area contributed by atoms with Gasteiger partial charge in [-0.1, -0.05) is 13.0 Å². The molecule has 2 rings (SSSR count). The van der Waals surface area contributed by atoms with E-state index in [-0.39, 0.29) is 5.91 Å². The summed E-state index contributed by atoms with van der Waals surface area (Å²) in [5.41, 5.74) is 1.83. The summed E-state index contributed by atoms with van der Waals surface area (Å²) in [7, 11) is 1.64. The molecule has 0 atom stereocenters. The Bertz CT molecular complexity index is 404. The number of rotatable bonds is 3. The summed E-state index contributed by atoms with van der Waals surface area (Å²) in [6.45, 7) is 3.16. The van der Waals surface area contributed by atoms with E-state index in [1.807, 2.05) is 23.1 Å². The van der Waals surface area contributed by atoms with Gasteiger partial charge >= 0.3 is 0 Å². The Balaban J connectivity index is 2.43. The van der Waals surface area contributed by atoms with Crippen molar-refractivity contribution in [2.45, 2.75) is 13.3 Å². The molecule has 0 saturated heterocycles. The molecule has 1 heterocycles. The predicted molar refractivity (Wildman–Crippen MR) is 64.1 cm³/mol. The number of amides is 1. The van der Waals surface area contributed by atoms with Crippen LogP contribution in [0.15, 0.2) is 18.2 Å². The number of hydrogen-bond acceptors (Lipinski definition) is 3. The lowest BCUT2D eigenvalue weighted by Gasteiger charge is -2.30. The number of para-hydroxylation sites is 1. The fourth-order valence-electron chi connectivity index (χ4n) is 1.95. The van der Waals surface area contributed by atoms with Gasteiger partial charge in [-0.05, 0) is 18.6 Å². The Hall–Kier alpha value is -1.71. The van der Waals surface area contributed by atoms with Crippen molar-refractivity contribution in [2.24, 2.45) is 0 Å². The molecule has 0 unspecified atom stereocenters. The fraction of sp³-hybridized carbons (Fsp3) is 0.417. The van der Waals surface area contributed by atoms with Gasteiger partial charge in [0.15, 0.2) is 0 Å². The Kier molecular flexibility index (Phi) is 2.99. The molecule has 4 nitrogen and oxygen atoms in total. The summed E-state index contributed by atoms with van der Waals surface area (Å²) in [5.74, 6) is 0.897. The summed E-state index contributed by atoms with van der Waals surface area (Å²) in [6.07, 6.45) is 0.947. The summed E-state index contributed by atoms with van der Waals surface area (Å²) in [4.78, 5) is 13.6. The van der Waals surface area contributed by atoms with Crippen LogP contribution in [0.1, 0.15) is 13.3 Å². The minimum atomic E-state index is 0.114. The first kappa shape index (κ1) is 10.8. The Morgan fingerprint density at radius 1 is 1.50 bits per heavy atom. The molecule has 0 saturated carbocycles. The summed E-state index contributed by atoms with van der Waals surface area (Å²) in [6, 6.07) is 5.74. The molecular formula is C12H16N2O2. The van der Waals surface area contributed by atoms with Crippen LogP contribution in [0.3, 0.4) is 0 Å². The van der Waals surface area contributed by atoms with E-state index in [9.17, 15) is 4.79 Å². The van der Waals surface area contributed by atoms with Gasteiger partial charge in [-0.3, -0.25) is 4.79 Å². The zero-order valence-electron chi connectivity index (χ0n) is 9.62. The number of carbonyl (C=O) groups is 1.